The monoisotopic (exact) mass is 519 g/mol. The number of aliphatic hydroxyl groups is 2. The van der Waals surface area contributed by atoms with Gasteiger partial charge in [0.15, 0.2) is 12.6 Å². The number of aliphatic hydroxyl groups excluding tert-OH is 2. The maximum Gasteiger partial charge on any atom is 0.412 e. The van der Waals surface area contributed by atoms with Gasteiger partial charge in [-0.1, -0.05) is 19.8 Å². The number of hydrogen-bond acceptors (Lipinski definition) is 11. The van der Waals surface area contributed by atoms with Crippen molar-refractivity contribution >= 4 is 23.4 Å². The van der Waals surface area contributed by atoms with Crippen LogP contribution in [0, 0.1) is 16.7 Å². The molecule has 13 nitrogen and oxygen atoms in total. The minimum absolute atomic E-state index is 0.121. The highest BCUT2D eigenvalue weighted by atomic mass is 16.7. The standard InChI is InChI=1S/C24H33N5O8/c1-5-6-7-10-34-22(33)28-20-15-8-9-17(29(15)27-13-26-20)24(12-25)19(31)18(16(11-30)37-24)35-14-36-21(32)23(2,3)4/h8-9,13,16,18-19,30-31H,5-7,10-11,14H2,1-4H3,(H,26,27,28,33)/t16-,18-,19-,24+/m1/s1. The summed E-state index contributed by atoms with van der Waals surface area (Å²) in [6.07, 6.45) is -0.746. The van der Waals surface area contributed by atoms with Gasteiger partial charge in [-0.15, -0.1) is 0 Å². The van der Waals surface area contributed by atoms with Gasteiger partial charge in [0.2, 0.25) is 5.60 Å². The van der Waals surface area contributed by atoms with Gasteiger partial charge in [0, 0.05) is 0 Å². The highest BCUT2D eigenvalue weighted by molar-refractivity contribution is 5.88. The fraction of sp³-hybridized carbons (Fsp3) is 0.625. The van der Waals surface area contributed by atoms with E-state index >= 15 is 0 Å². The Kier molecular flexibility index (Phi) is 9.03. The number of esters is 1. The van der Waals surface area contributed by atoms with Crippen molar-refractivity contribution in [1.82, 2.24) is 14.6 Å². The molecule has 0 bridgehead atoms. The molecule has 2 aromatic rings. The van der Waals surface area contributed by atoms with Crippen molar-refractivity contribution in [3.8, 4) is 6.07 Å². The van der Waals surface area contributed by atoms with Crippen LogP contribution in [0.3, 0.4) is 0 Å². The van der Waals surface area contributed by atoms with E-state index in [1.165, 1.54) is 16.9 Å². The molecule has 4 atom stereocenters. The highest BCUT2D eigenvalue weighted by Gasteiger charge is 2.58. The number of ether oxygens (including phenoxy) is 4. The first kappa shape index (κ1) is 28.3. The van der Waals surface area contributed by atoms with E-state index in [0.29, 0.717) is 5.52 Å². The summed E-state index contributed by atoms with van der Waals surface area (Å²) in [6, 6.07) is 5.01. The van der Waals surface area contributed by atoms with E-state index in [0.717, 1.165) is 19.3 Å². The summed E-state index contributed by atoms with van der Waals surface area (Å²) in [7, 11) is 0. The van der Waals surface area contributed by atoms with Crippen LogP contribution in [0.5, 0.6) is 0 Å². The number of nitrogens with zero attached hydrogens (tertiary/aromatic N) is 4. The van der Waals surface area contributed by atoms with Crippen LogP contribution in [-0.4, -0.2) is 75.2 Å². The number of amides is 1. The summed E-state index contributed by atoms with van der Waals surface area (Å²) in [4.78, 5) is 28.3. The van der Waals surface area contributed by atoms with Gasteiger partial charge in [-0.05, 0) is 39.3 Å². The second-order valence-corrected chi connectivity index (χ2v) is 9.65. The number of anilines is 1. The van der Waals surface area contributed by atoms with Crippen LogP contribution in [0.2, 0.25) is 0 Å². The van der Waals surface area contributed by atoms with E-state index < -0.39 is 54.8 Å². The molecule has 1 aliphatic heterocycles. The summed E-state index contributed by atoms with van der Waals surface area (Å²) < 4.78 is 22.9. The number of carbonyl (C=O) groups excluding carboxylic acids is 2. The fourth-order valence-electron chi connectivity index (χ4n) is 3.86. The Labute approximate surface area is 214 Å². The molecular weight excluding hydrogens is 486 g/mol. The molecule has 1 saturated heterocycles. The predicted molar refractivity (Wildman–Crippen MR) is 128 cm³/mol. The lowest BCUT2D eigenvalue weighted by molar-refractivity contribution is -0.177. The van der Waals surface area contributed by atoms with Gasteiger partial charge in [0.25, 0.3) is 0 Å². The third kappa shape index (κ3) is 5.99. The van der Waals surface area contributed by atoms with Crippen LogP contribution in [0.25, 0.3) is 5.52 Å². The van der Waals surface area contributed by atoms with Gasteiger partial charge in [-0.3, -0.25) is 10.1 Å². The molecule has 3 heterocycles. The molecular formula is C24H33N5O8. The van der Waals surface area contributed by atoms with Gasteiger partial charge < -0.3 is 29.2 Å². The summed E-state index contributed by atoms with van der Waals surface area (Å²) in [5.41, 5.74) is -2.32. The fourth-order valence-corrected chi connectivity index (χ4v) is 3.86. The minimum Gasteiger partial charge on any atom is -0.449 e. The number of hydrogen-bond donors (Lipinski definition) is 3. The van der Waals surface area contributed by atoms with Gasteiger partial charge in [-0.25, -0.2) is 14.3 Å². The van der Waals surface area contributed by atoms with E-state index in [-0.39, 0.29) is 18.1 Å². The van der Waals surface area contributed by atoms with Crippen LogP contribution >= 0.6 is 0 Å². The Morgan fingerprint density at radius 1 is 1.30 bits per heavy atom. The third-order valence-corrected chi connectivity index (χ3v) is 5.87. The average molecular weight is 520 g/mol. The largest absolute Gasteiger partial charge is 0.449 e. The molecule has 37 heavy (non-hydrogen) atoms. The van der Waals surface area contributed by atoms with E-state index in [9.17, 15) is 25.1 Å². The van der Waals surface area contributed by atoms with Crippen LogP contribution in [0.15, 0.2) is 18.5 Å². The third-order valence-electron chi connectivity index (χ3n) is 5.87. The molecule has 0 radical (unpaired) electrons. The zero-order valence-corrected chi connectivity index (χ0v) is 21.3. The molecule has 3 N–H and O–H groups in total. The lowest BCUT2D eigenvalue weighted by Gasteiger charge is -2.25. The lowest BCUT2D eigenvalue weighted by Crippen LogP contribution is -2.42. The topological polar surface area (TPSA) is 178 Å². The molecule has 0 spiro atoms. The molecule has 13 heteroatoms. The van der Waals surface area contributed by atoms with Gasteiger partial charge in [0.1, 0.15) is 36.2 Å². The molecule has 0 aliphatic carbocycles. The molecule has 1 amide bonds. The number of aromatic nitrogens is 3. The first-order valence-electron chi connectivity index (χ1n) is 12.0. The SMILES string of the molecule is CCCCCOC(=O)Nc1ncnn2c([C@]3(C#N)O[C@H](CO)[C@@H](OCOC(=O)C(C)(C)C)[C@H]3O)ccc12. The maximum absolute atomic E-state index is 12.2. The Balaban J connectivity index is 1.82. The first-order chi connectivity index (χ1) is 17.6. The van der Waals surface area contributed by atoms with Gasteiger partial charge in [-0.2, -0.15) is 10.4 Å². The molecule has 0 saturated carbocycles. The number of unbranched alkanes of at least 4 members (excludes halogenated alkanes) is 2. The molecule has 0 unspecified atom stereocenters. The van der Waals surface area contributed by atoms with Crippen LogP contribution < -0.4 is 5.32 Å². The molecule has 3 rings (SSSR count). The van der Waals surface area contributed by atoms with E-state index in [1.807, 2.05) is 13.0 Å². The highest BCUT2D eigenvalue weighted by Crippen LogP contribution is 2.41. The average Bonchev–Trinajstić information content (AvgIpc) is 3.41. The number of nitrogens with one attached hydrogen (secondary N) is 1. The summed E-state index contributed by atoms with van der Waals surface area (Å²) in [5, 5.41) is 37.8. The van der Waals surface area contributed by atoms with Gasteiger partial charge >= 0.3 is 12.1 Å². The van der Waals surface area contributed by atoms with Crippen molar-refractivity contribution in [2.45, 2.75) is 70.9 Å². The number of carbonyl (C=O) groups is 2. The zero-order chi connectivity index (χ0) is 27.2. The predicted octanol–water partition coefficient (Wildman–Crippen LogP) is 1.87. The maximum atomic E-state index is 12.2. The molecule has 2 aromatic heterocycles. The summed E-state index contributed by atoms with van der Waals surface area (Å²) >= 11 is 0. The Bertz CT molecular complexity index is 1140. The summed E-state index contributed by atoms with van der Waals surface area (Å²) in [6.45, 7) is 6.25. The minimum atomic E-state index is -2.00. The smallest absolute Gasteiger partial charge is 0.412 e. The van der Waals surface area contributed by atoms with E-state index in [1.54, 1.807) is 26.8 Å². The van der Waals surface area contributed by atoms with Crippen molar-refractivity contribution in [1.29, 1.82) is 5.26 Å². The normalized spacial score (nSPS) is 23.5. The van der Waals surface area contributed by atoms with Crippen molar-refractivity contribution in [3.63, 3.8) is 0 Å². The van der Waals surface area contributed by atoms with Crippen molar-refractivity contribution in [3.05, 3.63) is 24.2 Å². The quantitative estimate of drug-likeness (QED) is 0.237. The van der Waals surface area contributed by atoms with Crippen LogP contribution in [0.4, 0.5) is 10.6 Å². The van der Waals surface area contributed by atoms with Crippen LogP contribution in [0.1, 0.15) is 52.7 Å². The Morgan fingerprint density at radius 3 is 2.70 bits per heavy atom. The van der Waals surface area contributed by atoms with E-state index in [4.69, 9.17) is 18.9 Å². The Hall–Kier alpha value is -3.31. The second kappa shape index (κ2) is 11.8. The number of rotatable bonds is 10. The van der Waals surface area contributed by atoms with Crippen molar-refractivity contribution in [2.24, 2.45) is 5.41 Å². The Morgan fingerprint density at radius 2 is 2.05 bits per heavy atom. The van der Waals surface area contributed by atoms with E-state index in [2.05, 4.69) is 15.4 Å². The summed E-state index contributed by atoms with van der Waals surface area (Å²) in [5.74, 6) is -0.394. The molecule has 1 aliphatic rings. The zero-order valence-electron chi connectivity index (χ0n) is 21.3. The molecule has 202 valence electrons. The lowest BCUT2D eigenvalue weighted by atomic mass is 9.92. The van der Waals surface area contributed by atoms with Crippen molar-refractivity contribution in [2.75, 3.05) is 25.3 Å². The number of nitriles is 1. The van der Waals surface area contributed by atoms with Crippen molar-refractivity contribution < 1.29 is 38.7 Å². The van der Waals surface area contributed by atoms with Crippen LogP contribution in [-0.2, 0) is 29.3 Å². The molecule has 0 aromatic carbocycles. The first-order valence-corrected chi connectivity index (χ1v) is 12.0. The van der Waals surface area contributed by atoms with Gasteiger partial charge in [0.05, 0.1) is 24.3 Å². The molecule has 1 fully saturated rings. The second-order valence-electron chi connectivity index (χ2n) is 9.65. The number of fused-ring (bicyclic) bond motifs is 1.